The number of amides is 1. The zero-order chi connectivity index (χ0) is 16.4. The quantitative estimate of drug-likeness (QED) is 0.841. The maximum absolute atomic E-state index is 13.5. The van der Waals surface area contributed by atoms with Crippen LogP contribution in [0.15, 0.2) is 30.3 Å². The molecule has 3 rings (SSSR count). The Hall–Kier alpha value is -1.00. The van der Waals surface area contributed by atoms with Gasteiger partial charge in [0.15, 0.2) is 0 Å². The topological polar surface area (TPSA) is 29.5 Å². The fourth-order valence-electron chi connectivity index (χ4n) is 3.68. The van der Waals surface area contributed by atoms with Gasteiger partial charge in [0.25, 0.3) is 0 Å². The summed E-state index contributed by atoms with van der Waals surface area (Å²) in [6, 6.07) is 10.6. The number of fused-ring (bicyclic) bond motifs is 1. The Balaban J connectivity index is 1.91. The molecule has 0 radical (unpaired) electrons. The van der Waals surface area contributed by atoms with E-state index in [0.29, 0.717) is 12.5 Å². The maximum atomic E-state index is 13.5. The van der Waals surface area contributed by atoms with E-state index >= 15 is 0 Å². The van der Waals surface area contributed by atoms with Crippen LogP contribution in [0.4, 0.5) is 0 Å². The lowest BCUT2D eigenvalue weighted by atomic mass is 9.92. The Morgan fingerprint density at radius 1 is 1.35 bits per heavy atom. The minimum atomic E-state index is -0.350. The number of benzene rings is 1. The van der Waals surface area contributed by atoms with Gasteiger partial charge in [-0.2, -0.15) is 0 Å². The second-order valence-corrected chi connectivity index (χ2v) is 8.44. The first-order valence-corrected chi connectivity index (χ1v) is 9.68. The Morgan fingerprint density at radius 2 is 2.09 bits per heavy atom. The van der Waals surface area contributed by atoms with Crippen LogP contribution >= 0.6 is 11.8 Å². The van der Waals surface area contributed by atoms with Crippen molar-refractivity contribution in [3.63, 3.8) is 0 Å². The summed E-state index contributed by atoms with van der Waals surface area (Å²) in [6.45, 7) is 7.21. The molecule has 0 N–H and O–H groups in total. The van der Waals surface area contributed by atoms with Gasteiger partial charge in [0.1, 0.15) is 6.23 Å². The van der Waals surface area contributed by atoms with Crippen LogP contribution in [0.2, 0.25) is 0 Å². The molecule has 4 heteroatoms. The summed E-state index contributed by atoms with van der Waals surface area (Å²) >= 11 is 1.83. The van der Waals surface area contributed by atoms with Gasteiger partial charge in [-0.15, -0.1) is 11.8 Å². The summed E-state index contributed by atoms with van der Waals surface area (Å²) in [7, 11) is 0. The zero-order valence-corrected chi connectivity index (χ0v) is 15.1. The SMILES string of the molecule is CC[C@]1(Cc2ccccc2)SCC[C@H]2OC[C@H](C(C)C)N2C1=O. The van der Waals surface area contributed by atoms with E-state index in [0.717, 1.165) is 25.0 Å². The first kappa shape index (κ1) is 16.8. The van der Waals surface area contributed by atoms with Crippen molar-refractivity contribution in [2.75, 3.05) is 12.4 Å². The molecule has 0 bridgehead atoms. The van der Waals surface area contributed by atoms with Crippen LogP contribution in [-0.4, -0.2) is 40.2 Å². The molecule has 0 saturated carbocycles. The number of hydrogen-bond donors (Lipinski definition) is 0. The van der Waals surface area contributed by atoms with E-state index in [1.807, 2.05) is 17.8 Å². The highest BCUT2D eigenvalue weighted by molar-refractivity contribution is 8.01. The van der Waals surface area contributed by atoms with E-state index in [1.165, 1.54) is 5.56 Å². The molecule has 3 atom stereocenters. The average molecular weight is 333 g/mol. The van der Waals surface area contributed by atoms with E-state index in [9.17, 15) is 4.79 Å². The Morgan fingerprint density at radius 3 is 2.74 bits per heavy atom. The van der Waals surface area contributed by atoms with Gasteiger partial charge in [0, 0.05) is 6.42 Å². The predicted molar refractivity (Wildman–Crippen MR) is 95.5 cm³/mol. The molecule has 2 aliphatic heterocycles. The van der Waals surface area contributed by atoms with Gasteiger partial charge < -0.3 is 9.64 Å². The molecule has 126 valence electrons. The standard InChI is InChI=1S/C19H27NO2S/c1-4-19(12-15-8-6-5-7-9-15)18(21)20-16(14(2)3)13-22-17(20)10-11-23-19/h5-9,14,16-17H,4,10-13H2,1-3H3/t16-,17-,19-/m1/s1. The Kier molecular flexibility index (Phi) is 5.02. The largest absolute Gasteiger partial charge is 0.356 e. The van der Waals surface area contributed by atoms with Gasteiger partial charge in [0.05, 0.1) is 17.4 Å². The number of ether oxygens (including phenoxy) is 1. The highest BCUT2D eigenvalue weighted by Gasteiger charge is 2.50. The summed E-state index contributed by atoms with van der Waals surface area (Å²) in [4.78, 5) is 15.6. The molecular weight excluding hydrogens is 306 g/mol. The van der Waals surface area contributed by atoms with Gasteiger partial charge in [-0.05, 0) is 30.1 Å². The van der Waals surface area contributed by atoms with Crippen molar-refractivity contribution in [2.45, 2.75) is 57.1 Å². The third kappa shape index (κ3) is 3.16. The van der Waals surface area contributed by atoms with Crippen molar-refractivity contribution in [2.24, 2.45) is 5.92 Å². The highest BCUT2D eigenvalue weighted by Crippen LogP contribution is 2.42. The lowest BCUT2D eigenvalue weighted by molar-refractivity contribution is -0.140. The first-order chi connectivity index (χ1) is 11.1. The van der Waals surface area contributed by atoms with Gasteiger partial charge in [-0.3, -0.25) is 4.79 Å². The van der Waals surface area contributed by atoms with E-state index < -0.39 is 0 Å². The average Bonchev–Trinajstić information content (AvgIpc) is 2.93. The van der Waals surface area contributed by atoms with Gasteiger partial charge in [-0.1, -0.05) is 51.1 Å². The normalized spacial score (nSPS) is 31.3. The van der Waals surface area contributed by atoms with E-state index in [4.69, 9.17) is 4.74 Å². The minimum Gasteiger partial charge on any atom is -0.356 e. The third-order valence-corrected chi connectivity index (χ3v) is 6.77. The van der Waals surface area contributed by atoms with Crippen molar-refractivity contribution in [3.05, 3.63) is 35.9 Å². The van der Waals surface area contributed by atoms with Crippen LogP contribution in [0.1, 0.15) is 39.2 Å². The van der Waals surface area contributed by atoms with Crippen LogP contribution in [0.3, 0.4) is 0 Å². The van der Waals surface area contributed by atoms with Crippen molar-refractivity contribution in [3.8, 4) is 0 Å². The second kappa shape index (κ2) is 6.86. The molecule has 0 unspecified atom stereocenters. The molecule has 0 aromatic heterocycles. The first-order valence-electron chi connectivity index (χ1n) is 8.69. The number of carbonyl (C=O) groups excluding carboxylic acids is 1. The summed E-state index contributed by atoms with van der Waals surface area (Å²) in [5.41, 5.74) is 1.25. The lowest BCUT2D eigenvalue weighted by Crippen LogP contribution is -2.52. The van der Waals surface area contributed by atoms with Crippen molar-refractivity contribution >= 4 is 17.7 Å². The van der Waals surface area contributed by atoms with E-state index in [1.54, 1.807) is 0 Å². The smallest absolute Gasteiger partial charge is 0.241 e. The van der Waals surface area contributed by atoms with Gasteiger partial charge >= 0.3 is 0 Å². The molecule has 2 aliphatic rings. The van der Waals surface area contributed by atoms with Crippen LogP contribution in [0, 0.1) is 5.92 Å². The van der Waals surface area contributed by atoms with Crippen LogP contribution in [0.5, 0.6) is 0 Å². The van der Waals surface area contributed by atoms with Crippen molar-refractivity contribution in [1.29, 1.82) is 0 Å². The molecule has 1 amide bonds. The van der Waals surface area contributed by atoms with Crippen LogP contribution in [-0.2, 0) is 16.0 Å². The monoisotopic (exact) mass is 333 g/mol. The predicted octanol–water partition coefficient (Wildman–Crippen LogP) is 3.72. The maximum Gasteiger partial charge on any atom is 0.241 e. The van der Waals surface area contributed by atoms with E-state index in [-0.39, 0.29) is 22.9 Å². The number of nitrogens with zero attached hydrogens (tertiary/aromatic N) is 1. The lowest BCUT2D eigenvalue weighted by Gasteiger charge is -2.37. The van der Waals surface area contributed by atoms with Gasteiger partial charge in [-0.25, -0.2) is 0 Å². The third-order valence-electron chi connectivity index (χ3n) is 5.17. The molecule has 2 fully saturated rings. The molecule has 0 spiro atoms. The molecule has 3 nitrogen and oxygen atoms in total. The van der Waals surface area contributed by atoms with Crippen molar-refractivity contribution < 1.29 is 9.53 Å². The van der Waals surface area contributed by atoms with Crippen LogP contribution < -0.4 is 0 Å². The number of hydrogen-bond acceptors (Lipinski definition) is 3. The van der Waals surface area contributed by atoms with Gasteiger partial charge in [0.2, 0.25) is 5.91 Å². The summed E-state index contributed by atoms with van der Waals surface area (Å²) in [6.07, 6.45) is 2.59. The fourth-order valence-corrected chi connectivity index (χ4v) is 5.10. The zero-order valence-electron chi connectivity index (χ0n) is 14.3. The molecule has 2 heterocycles. The summed E-state index contributed by atoms with van der Waals surface area (Å²) in [5.74, 6) is 1.70. The minimum absolute atomic E-state index is 0.0217. The van der Waals surface area contributed by atoms with Crippen LogP contribution in [0.25, 0.3) is 0 Å². The molecular formula is C19H27NO2S. The molecule has 23 heavy (non-hydrogen) atoms. The number of rotatable bonds is 4. The Labute approximate surface area is 143 Å². The fraction of sp³-hybridized carbons (Fsp3) is 0.632. The molecule has 1 aromatic rings. The molecule has 0 aliphatic carbocycles. The van der Waals surface area contributed by atoms with E-state index in [2.05, 4.69) is 49.9 Å². The Bertz CT molecular complexity index is 548. The number of thioether (sulfide) groups is 1. The second-order valence-electron chi connectivity index (χ2n) is 6.96. The molecule has 2 saturated heterocycles. The number of carbonyl (C=O) groups is 1. The highest BCUT2D eigenvalue weighted by atomic mass is 32.2. The summed E-state index contributed by atoms with van der Waals surface area (Å²) < 4.78 is 5.61. The summed E-state index contributed by atoms with van der Waals surface area (Å²) in [5, 5.41) is 0. The van der Waals surface area contributed by atoms with Crippen molar-refractivity contribution in [1.82, 2.24) is 4.90 Å². The molecule has 1 aromatic carbocycles.